The van der Waals surface area contributed by atoms with Crippen molar-refractivity contribution in [1.82, 2.24) is 0 Å². The van der Waals surface area contributed by atoms with Crippen molar-refractivity contribution in [3.8, 4) is 5.75 Å². The maximum Gasteiger partial charge on any atom is 0.338 e. The first-order valence-electron chi connectivity index (χ1n) is 5.50. The molecule has 0 spiro atoms. The van der Waals surface area contributed by atoms with E-state index in [-0.39, 0.29) is 6.61 Å². The van der Waals surface area contributed by atoms with Crippen LogP contribution in [0.2, 0.25) is 0 Å². The number of hydrogen-bond acceptors (Lipinski definition) is 4. The van der Waals surface area contributed by atoms with Gasteiger partial charge in [-0.05, 0) is 19.1 Å². The van der Waals surface area contributed by atoms with E-state index in [0.717, 1.165) is 11.3 Å². The van der Waals surface area contributed by atoms with Gasteiger partial charge in [0.2, 0.25) is 0 Å². The summed E-state index contributed by atoms with van der Waals surface area (Å²) in [6.45, 7) is 1.56. The molecule has 0 radical (unpaired) electrons. The van der Waals surface area contributed by atoms with Gasteiger partial charge in [0.05, 0.1) is 5.57 Å². The van der Waals surface area contributed by atoms with Crippen molar-refractivity contribution in [3.63, 3.8) is 0 Å². The summed E-state index contributed by atoms with van der Waals surface area (Å²) in [5.41, 5.74) is 6.19. The zero-order valence-electron chi connectivity index (χ0n) is 9.88. The van der Waals surface area contributed by atoms with Gasteiger partial charge in [-0.1, -0.05) is 18.2 Å². The summed E-state index contributed by atoms with van der Waals surface area (Å²) in [5.74, 6) is -0.547. The molecule has 94 valence electrons. The molecule has 2 N–H and O–H groups in total. The summed E-state index contributed by atoms with van der Waals surface area (Å²) in [7, 11) is 0. The summed E-state index contributed by atoms with van der Waals surface area (Å²) in [5, 5.41) is 0. The van der Waals surface area contributed by atoms with Gasteiger partial charge >= 0.3 is 5.97 Å². The molecular weight excluding hydrogens is 234 g/mol. The van der Waals surface area contributed by atoms with E-state index in [1.54, 1.807) is 6.08 Å². The van der Waals surface area contributed by atoms with Crippen molar-refractivity contribution in [3.05, 3.63) is 35.4 Å². The highest BCUT2D eigenvalue weighted by Crippen LogP contribution is 2.26. The molecule has 18 heavy (non-hydrogen) atoms. The molecule has 1 aromatic carbocycles. The Morgan fingerprint density at radius 2 is 2.11 bits per heavy atom. The highest BCUT2D eigenvalue weighted by Gasteiger charge is 2.21. The van der Waals surface area contributed by atoms with Crippen molar-refractivity contribution in [2.24, 2.45) is 5.73 Å². The fraction of sp³-hybridized carbons (Fsp3) is 0.231. The number of para-hydroxylation sites is 1. The molecule has 2 rings (SSSR count). The largest absolute Gasteiger partial charge is 0.488 e. The van der Waals surface area contributed by atoms with Crippen molar-refractivity contribution in [2.45, 2.75) is 13.0 Å². The van der Waals surface area contributed by atoms with Crippen LogP contribution in [0.5, 0.6) is 5.75 Å². The highest BCUT2D eigenvalue weighted by molar-refractivity contribution is 5.96. The molecule has 0 saturated heterocycles. The standard InChI is InChI=1S/C13H13NO4/c1-8(12(14)15)18-13(16)10-6-9-4-2-3-5-11(9)17-7-10/h2-6,8H,7H2,1H3,(H2,14,15). The number of fused-ring (bicyclic) bond motifs is 1. The number of ether oxygens (including phenoxy) is 2. The molecule has 1 unspecified atom stereocenters. The van der Waals surface area contributed by atoms with E-state index >= 15 is 0 Å². The third-order valence-corrected chi connectivity index (χ3v) is 2.58. The molecule has 0 bridgehead atoms. The van der Waals surface area contributed by atoms with Gasteiger partial charge in [-0.2, -0.15) is 0 Å². The number of esters is 1. The summed E-state index contributed by atoms with van der Waals surface area (Å²) in [4.78, 5) is 22.6. The lowest BCUT2D eigenvalue weighted by molar-refractivity contribution is -0.150. The third-order valence-electron chi connectivity index (χ3n) is 2.58. The van der Waals surface area contributed by atoms with E-state index in [2.05, 4.69) is 0 Å². The maximum atomic E-state index is 11.7. The number of hydrogen-bond donors (Lipinski definition) is 1. The van der Waals surface area contributed by atoms with Gasteiger partial charge in [-0.15, -0.1) is 0 Å². The zero-order valence-corrected chi connectivity index (χ0v) is 9.88. The fourth-order valence-corrected chi connectivity index (χ4v) is 1.53. The van der Waals surface area contributed by atoms with Gasteiger partial charge in [-0.25, -0.2) is 4.79 Å². The van der Waals surface area contributed by atoms with Crippen molar-refractivity contribution < 1.29 is 19.1 Å². The minimum Gasteiger partial charge on any atom is -0.488 e. The van der Waals surface area contributed by atoms with E-state index in [4.69, 9.17) is 15.2 Å². The van der Waals surface area contributed by atoms with Crippen LogP contribution in [0.15, 0.2) is 29.8 Å². The highest BCUT2D eigenvalue weighted by atomic mass is 16.6. The third kappa shape index (κ3) is 2.51. The second kappa shape index (κ2) is 4.91. The van der Waals surface area contributed by atoms with E-state index in [0.29, 0.717) is 5.57 Å². The first-order valence-corrected chi connectivity index (χ1v) is 5.50. The van der Waals surface area contributed by atoms with Gasteiger partial charge in [0.15, 0.2) is 6.10 Å². The lowest BCUT2D eigenvalue weighted by Gasteiger charge is -2.18. The lowest BCUT2D eigenvalue weighted by atomic mass is 10.1. The first kappa shape index (κ1) is 12.2. The number of carbonyl (C=O) groups excluding carboxylic acids is 2. The fourth-order valence-electron chi connectivity index (χ4n) is 1.53. The Morgan fingerprint density at radius 3 is 2.83 bits per heavy atom. The van der Waals surface area contributed by atoms with E-state index in [9.17, 15) is 9.59 Å². The van der Waals surface area contributed by atoms with Crippen molar-refractivity contribution in [1.29, 1.82) is 0 Å². The van der Waals surface area contributed by atoms with Crippen LogP contribution in [0, 0.1) is 0 Å². The monoisotopic (exact) mass is 247 g/mol. The number of carbonyl (C=O) groups is 2. The predicted octanol–water partition coefficient (Wildman–Crippen LogP) is 0.879. The molecule has 0 saturated carbocycles. The van der Waals surface area contributed by atoms with Crippen LogP contribution in [0.25, 0.3) is 6.08 Å². The Balaban J connectivity index is 2.14. The van der Waals surface area contributed by atoms with Gasteiger partial charge in [0.25, 0.3) is 5.91 Å². The molecule has 1 amide bonds. The molecule has 1 atom stereocenters. The molecule has 0 aromatic heterocycles. The van der Waals surface area contributed by atoms with Crippen molar-refractivity contribution in [2.75, 3.05) is 6.61 Å². The normalized spacial score (nSPS) is 14.8. The Kier molecular flexibility index (Phi) is 3.32. The van der Waals surface area contributed by atoms with Crippen LogP contribution >= 0.6 is 0 Å². The SMILES string of the molecule is CC(OC(=O)C1=Cc2ccccc2OC1)C(N)=O. The van der Waals surface area contributed by atoms with Crippen molar-refractivity contribution >= 4 is 18.0 Å². The van der Waals surface area contributed by atoms with Gasteiger partial charge in [-0.3, -0.25) is 4.79 Å². The average molecular weight is 247 g/mol. The van der Waals surface area contributed by atoms with E-state index in [1.807, 2.05) is 24.3 Å². The summed E-state index contributed by atoms with van der Waals surface area (Å²) in [6.07, 6.45) is 0.741. The Hall–Kier alpha value is -2.30. The van der Waals surface area contributed by atoms with Gasteiger partial charge in [0.1, 0.15) is 12.4 Å². The van der Waals surface area contributed by atoms with E-state index < -0.39 is 18.0 Å². The Morgan fingerprint density at radius 1 is 1.39 bits per heavy atom. The number of nitrogens with two attached hydrogens (primary N) is 1. The number of primary amides is 1. The minimum atomic E-state index is -0.949. The number of amides is 1. The predicted molar refractivity (Wildman–Crippen MR) is 64.7 cm³/mol. The number of benzene rings is 1. The summed E-state index contributed by atoms with van der Waals surface area (Å²) in [6, 6.07) is 7.35. The molecule has 1 aliphatic rings. The second-order valence-corrected chi connectivity index (χ2v) is 3.95. The minimum absolute atomic E-state index is 0.126. The smallest absolute Gasteiger partial charge is 0.338 e. The average Bonchev–Trinajstić information content (AvgIpc) is 2.37. The molecule has 1 aromatic rings. The van der Waals surface area contributed by atoms with Crippen LogP contribution in [-0.4, -0.2) is 24.6 Å². The van der Waals surface area contributed by atoms with Crippen LogP contribution < -0.4 is 10.5 Å². The lowest BCUT2D eigenvalue weighted by Crippen LogP contribution is -2.31. The van der Waals surface area contributed by atoms with Crippen LogP contribution in [0.3, 0.4) is 0 Å². The summed E-state index contributed by atoms with van der Waals surface area (Å²) < 4.78 is 10.3. The van der Waals surface area contributed by atoms with Gasteiger partial charge in [0, 0.05) is 5.56 Å². The molecule has 5 heteroatoms. The molecule has 5 nitrogen and oxygen atoms in total. The zero-order chi connectivity index (χ0) is 13.1. The number of rotatable bonds is 3. The quantitative estimate of drug-likeness (QED) is 0.804. The van der Waals surface area contributed by atoms with Crippen LogP contribution in [0.4, 0.5) is 0 Å². The molecule has 0 fully saturated rings. The topological polar surface area (TPSA) is 78.6 Å². The Bertz CT molecular complexity index is 521. The second-order valence-electron chi connectivity index (χ2n) is 3.95. The maximum absolute atomic E-state index is 11.7. The van der Waals surface area contributed by atoms with Crippen LogP contribution in [0.1, 0.15) is 12.5 Å². The van der Waals surface area contributed by atoms with Crippen LogP contribution in [-0.2, 0) is 14.3 Å². The first-order chi connectivity index (χ1) is 8.58. The molecule has 1 aliphatic heterocycles. The molecule has 0 aliphatic carbocycles. The molecular formula is C13H13NO4. The molecule has 1 heterocycles. The Labute approximate surface area is 104 Å². The summed E-state index contributed by atoms with van der Waals surface area (Å²) >= 11 is 0. The van der Waals surface area contributed by atoms with E-state index in [1.165, 1.54) is 6.92 Å². The van der Waals surface area contributed by atoms with Gasteiger partial charge < -0.3 is 15.2 Å².